The van der Waals surface area contributed by atoms with Gasteiger partial charge in [-0.15, -0.1) is 0 Å². The fourth-order valence-corrected chi connectivity index (χ4v) is 3.50. The predicted molar refractivity (Wildman–Crippen MR) is 124 cm³/mol. The van der Waals surface area contributed by atoms with Crippen molar-refractivity contribution < 1.29 is 19.4 Å². The Labute approximate surface area is 184 Å². The lowest BCUT2D eigenvalue weighted by atomic mass is 10.0. The smallest absolute Gasteiger partial charge is 0.314 e. The quantitative estimate of drug-likeness (QED) is 0.157. The molecule has 0 fully saturated rings. The second-order valence-corrected chi connectivity index (χ2v) is 8.24. The molecule has 0 aliphatic heterocycles. The van der Waals surface area contributed by atoms with E-state index >= 15 is 0 Å². The summed E-state index contributed by atoms with van der Waals surface area (Å²) in [6.45, 7) is 1.73. The van der Waals surface area contributed by atoms with Gasteiger partial charge in [0.1, 0.15) is 0 Å². The first-order chi connectivity index (χ1) is 14.7. The number of unbranched alkanes of at least 4 members (excludes halogenated alkanes) is 15. The molecular formula is C24H48N2O4. The number of amides is 2. The maximum atomic E-state index is 11.6. The van der Waals surface area contributed by atoms with Crippen molar-refractivity contribution in [2.45, 2.75) is 116 Å². The topological polar surface area (TPSA) is 87.7 Å². The Bertz CT molecular complexity index is 391. The van der Waals surface area contributed by atoms with Crippen LogP contribution in [0.4, 0.5) is 4.79 Å². The third kappa shape index (κ3) is 23.0. The molecule has 0 saturated heterocycles. The molecule has 6 heteroatoms. The molecule has 0 spiro atoms. The van der Waals surface area contributed by atoms with Crippen LogP contribution in [0, 0.1) is 0 Å². The zero-order chi connectivity index (χ0) is 22.1. The third-order valence-electron chi connectivity index (χ3n) is 5.44. The van der Waals surface area contributed by atoms with Crippen LogP contribution in [-0.2, 0) is 9.53 Å². The van der Waals surface area contributed by atoms with Crippen LogP contribution in [0.5, 0.6) is 0 Å². The molecule has 0 heterocycles. The van der Waals surface area contributed by atoms with Crippen LogP contribution in [0.15, 0.2) is 0 Å². The van der Waals surface area contributed by atoms with Gasteiger partial charge in [0, 0.05) is 26.1 Å². The van der Waals surface area contributed by atoms with Crippen molar-refractivity contribution in [2.24, 2.45) is 0 Å². The summed E-state index contributed by atoms with van der Waals surface area (Å²) in [6.07, 6.45) is 20.5. The molecule has 0 aromatic carbocycles. The number of aliphatic hydroxyl groups is 1. The summed E-state index contributed by atoms with van der Waals surface area (Å²) in [4.78, 5) is 22.6. The number of esters is 1. The van der Waals surface area contributed by atoms with Gasteiger partial charge in [-0.25, -0.2) is 4.79 Å². The predicted octanol–water partition coefficient (Wildman–Crippen LogP) is 5.47. The summed E-state index contributed by atoms with van der Waals surface area (Å²) in [6, 6.07) is -0.0550. The molecule has 178 valence electrons. The maximum Gasteiger partial charge on any atom is 0.314 e. The van der Waals surface area contributed by atoms with E-state index in [1.165, 1.54) is 71.3 Å². The summed E-state index contributed by atoms with van der Waals surface area (Å²) in [5, 5.41) is 14.5. The third-order valence-corrected chi connectivity index (χ3v) is 5.44. The molecule has 0 radical (unpaired) electrons. The number of nitrogens with one attached hydrogen (secondary N) is 2. The lowest BCUT2D eigenvalue weighted by Gasteiger charge is -2.07. The van der Waals surface area contributed by atoms with E-state index in [2.05, 4.69) is 15.4 Å². The molecule has 0 aromatic heterocycles. The van der Waals surface area contributed by atoms with Crippen LogP contribution >= 0.6 is 0 Å². The number of aliphatic hydroxyl groups excluding tert-OH is 1. The molecule has 3 N–H and O–H groups in total. The molecule has 0 saturated carbocycles. The van der Waals surface area contributed by atoms with Crippen LogP contribution < -0.4 is 10.6 Å². The van der Waals surface area contributed by atoms with Gasteiger partial charge in [0.25, 0.3) is 0 Å². The van der Waals surface area contributed by atoms with Gasteiger partial charge in [0.15, 0.2) is 0 Å². The van der Waals surface area contributed by atoms with Crippen LogP contribution in [-0.4, -0.2) is 43.9 Å². The second kappa shape index (κ2) is 24.0. The first-order valence-corrected chi connectivity index (χ1v) is 12.4. The molecule has 0 aliphatic carbocycles. The van der Waals surface area contributed by atoms with E-state index in [0.29, 0.717) is 13.0 Å². The number of rotatable bonds is 22. The molecule has 0 aromatic rings. The number of carbonyl (C=O) groups excluding carboxylic acids is 2. The zero-order valence-corrected chi connectivity index (χ0v) is 19.5. The highest BCUT2D eigenvalue weighted by molar-refractivity contribution is 5.73. The van der Waals surface area contributed by atoms with Gasteiger partial charge in [-0.1, -0.05) is 83.5 Å². The van der Waals surface area contributed by atoms with Gasteiger partial charge in [-0.3, -0.25) is 4.79 Å². The van der Waals surface area contributed by atoms with Gasteiger partial charge >= 0.3 is 12.0 Å². The van der Waals surface area contributed by atoms with Crippen LogP contribution in [0.1, 0.15) is 116 Å². The van der Waals surface area contributed by atoms with E-state index in [1.807, 2.05) is 0 Å². The van der Waals surface area contributed by atoms with Crippen LogP contribution in [0.25, 0.3) is 0 Å². The van der Waals surface area contributed by atoms with Crippen molar-refractivity contribution in [3.8, 4) is 0 Å². The Balaban J connectivity index is 3.14. The highest BCUT2D eigenvalue weighted by atomic mass is 16.5. The molecule has 0 bridgehead atoms. The van der Waals surface area contributed by atoms with Crippen LogP contribution in [0.2, 0.25) is 0 Å². The van der Waals surface area contributed by atoms with Crippen molar-refractivity contribution in [3.05, 3.63) is 0 Å². The normalized spacial score (nSPS) is 10.7. The largest absolute Gasteiger partial charge is 0.469 e. The van der Waals surface area contributed by atoms with Crippen molar-refractivity contribution in [1.29, 1.82) is 0 Å². The van der Waals surface area contributed by atoms with E-state index in [9.17, 15) is 9.59 Å². The van der Waals surface area contributed by atoms with Gasteiger partial charge in [0.05, 0.1) is 7.11 Å². The Kier molecular flexibility index (Phi) is 22.9. The first-order valence-electron chi connectivity index (χ1n) is 12.4. The SMILES string of the molecule is COC(=O)CCCCCCCCCCCCCCCNC(=O)NCCCCCCO. The number of carbonyl (C=O) groups is 2. The molecule has 0 aliphatic rings. The molecule has 0 rings (SSSR count). The average molecular weight is 429 g/mol. The highest BCUT2D eigenvalue weighted by Crippen LogP contribution is 2.13. The standard InChI is InChI=1S/C24H48N2O4/c1-30-23(28)19-15-11-9-7-5-3-2-4-6-8-10-12-16-20-25-24(29)26-21-17-13-14-18-22-27/h27H,2-22H2,1H3,(H2,25,26,29). The van der Waals surface area contributed by atoms with Crippen molar-refractivity contribution in [3.63, 3.8) is 0 Å². The number of urea groups is 1. The Hall–Kier alpha value is -1.30. The van der Waals surface area contributed by atoms with Crippen LogP contribution in [0.3, 0.4) is 0 Å². The first kappa shape index (κ1) is 28.7. The maximum absolute atomic E-state index is 11.6. The van der Waals surface area contributed by atoms with E-state index in [4.69, 9.17) is 5.11 Å². The second-order valence-electron chi connectivity index (χ2n) is 8.24. The summed E-state index contributed by atoms with van der Waals surface area (Å²) < 4.78 is 4.64. The Morgan fingerprint density at radius 3 is 1.37 bits per heavy atom. The minimum atomic E-state index is -0.0890. The van der Waals surface area contributed by atoms with Crippen molar-refractivity contribution in [2.75, 3.05) is 26.8 Å². The lowest BCUT2D eigenvalue weighted by Crippen LogP contribution is -2.36. The van der Waals surface area contributed by atoms with Gasteiger partial charge in [0.2, 0.25) is 0 Å². The minimum Gasteiger partial charge on any atom is -0.469 e. The van der Waals surface area contributed by atoms with Crippen molar-refractivity contribution >= 4 is 12.0 Å². The number of hydrogen-bond acceptors (Lipinski definition) is 4. The number of methoxy groups -OCH3 is 1. The summed E-state index contributed by atoms with van der Waals surface area (Å²) >= 11 is 0. The van der Waals surface area contributed by atoms with E-state index < -0.39 is 0 Å². The lowest BCUT2D eigenvalue weighted by molar-refractivity contribution is -0.140. The summed E-state index contributed by atoms with van der Waals surface area (Å²) in [5.74, 6) is -0.0890. The van der Waals surface area contributed by atoms with E-state index in [0.717, 1.165) is 51.5 Å². The molecule has 6 nitrogen and oxygen atoms in total. The fourth-order valence-electron chi connectivity index (χ4n) is 3.50. The minimum absolute atomic E-state index is 0.0550. The Morgan fingerprint density at radius 2 is 0.967 bits per heavy atom. The van der Waals surface area contributed by atoms with Gasteiger partial charge in [-0.2, -0.15) is 0 Å². The van der Waals surface area contributed by atoms with E-state index in [1.54, 1.807) is 0 Å². The molecule has 30 heavy (non-hydrogen) atoms. The highest BCUT2D eigenvalue weighted by Gasteiger charge is 2.00. The zero-order valence-electron chi connectivity index (χ0n) is 19.5. The van der Waals surface area contributed by atoms with Crippen molar-refractivity contribution in [1.82, 2.24) is 10.6 Å². The summed E-state index contributed by atoms with van der Waals surface area (Å²) in [5.41, 5.74) is 0. The van der Waals surface area contributed by atoms with E-state index in [-0.39, 0.29) is 18.6 Å². The molecule has 0 unspecified atom stereocenters. The number of hydrogen-bond donors (Lipinski definition) is 3. The molecule has 0 atom stereocenters. The average Bonchev–Trinajstić information content (AvgIpc) is 2.75. The fraction of sp³-hybridized carbons (Fsp3) is 0.917. The number of ether oxygens (including phenoxy) is 1. The molecular weight excluding hydrogens is 380 g/mol. The van der Waals surface area contributed by atoms with Gasteiger partial charge in [-0.05, 0) is 25.7 Å². The van der Waals surface area contributed by atoms with Gasteiger partial charge < -0.3 is 20.5 Å². The monoisotopic (exact) mass is 428 g/mol. The Morgan fingerprint density at radius 1 is 0.600 bits per heavy atom. The molecule has 2 amide bonds. The summed E-state index contributed by atoms with van der Waals surface area (Å²) in [7, 11) is 1.45.